The van der Waals surface area contributed by atoms with Crippen molar-refractivity contribution < 1.29 is 28.1 Å². The average Bonchev–Trinajstić information content (AvgIpc) is 2.97. The van der Waals surface area contributed by atoms with E-state index in [9.17, 15) is 9.18 Å². The molecular weight excluding hydrogens is 511 g/mol. The second-order valence-corrected chi connectivity index (χ2v) is 9.77. The molecule has 3 aromatic carbocycles. The Labute approximate surface area is 236 Å². The first-order chi connectivity index (χ1) is 19.6. The number of ether oxygens (including phenoxy) is 4. The Balaban J connectivity index is 1.21. The molecule has 0 aromatic heterocycles. The molecule has 4 rings (SSSR count). The van der Waals surface area contributed by atoms with E-state index >= 15 is 0 Å². The first-order valence-corrected chi connectivity index (χ1v) is 14.0. The molecule has 1 saturated heterocycles. The van der Waals surface area contributed by atoms with Crippen LogP contribution in [0.3, 0.4) is 0 Å². The number of para-hydroxylation sites is 1. The molecule has 2 N–H and O–H groups in total. The quantitative estimate of drug-likeness (QED) is 0.262. The molecule has 0 radical (unpaired) electrons. The Morgan fingerprint density at radius 3 is 2.42 bits per heavy atom. The molecule has 2 atom stereocenters. The molecule has 0 spiro atoms. The van der Waals surface area contributed by atoms with Crippen molar-refractivity contribution in [1.82, 2.24) is 10.6 Å². The third-order valence-corrected chi connectivity index (χ3v) is 6.77. The Morgan fingerprint density at radius 2 is 1.68 bits per heavy atom. The molecule has 0 aliphatic carbocycles. The second-order valence-electron chi connectivity index (χ2n) is 9.77. The van der Waals surface area contributed by atoms with Gasteiger partial charge < -0.3 is 29.6 Å². The number of benzene rings is 3. The van der Waals surface area contributed by atoms with Gasteiger partial charge in [0, 0.05) is 38.4 Å². The molecule has 8 heteroatoms. The molecule has 214 valence electrons. The van der Waals surface area contributed by atoms with Gasteiger partial charge in [0.15, 0.2) is 0 Å². The van der Waals surface area contributed by atoms with Crippen molar-refractivity contribution in [3.8, 4) is 17.2 Å². The zero-order valence-electron chi connectivity index (χ0n) is 23.1. The fourth-order valence-corrected chi connectivity index (χ4v) is 4.75. The normalized spacial score (nSPS) is 16.8. The van der Waals surface area contributed by atoms with E-state index in [1.807, 2.05) is 42.5 Å². The molecule has 0 saturated carbocycles. The maximum absolute atomic E-state index is 13.8. The molecule has 0 unspecified atom stereocenters. The van der Waals surface area contributed by atoms with E-state index in [0.717, 1.165) is 43.0 Å². The number of amides is 1. The highest BCUT2D eigenvalue weighted by atomic mass is 19.1. The topological polar surface area (TPSA) is 78.1 Å². The van der Waals surface area contributed by atoms with Gasteiger partial charge in [-0.25, -0.2) is 4.39 Å². The maximum Gasteiger partial charge on any atom is 0.216 e. The highest BCUT2D eigenvalue weighted by Gasteiger charge is 2.27. The molecule has 1 amide bonds. The van der Waals surface area contributed by atoms with Crippen molar-refractivity contribution in [1.29, 1.82) is 0 Å². The van der Waals surface area contributed by atoms with E-state index in [0.29, 0.717) is 45.1 Å². The van der Waals surface area contributed by atoms with Crippen molar-refractivity contribution in [3.05, 3.63) is 89.7 Å². The summed E-state index contributed by atoms with van der Waals surface area (Å²) in [7, 11) is 0. The van der Waals surface area contributed by atoms with Crippen molar-refractivity contribution in [2.24, 2.45) is 0 Å². The standard InChI is InChI=1S/C32H39FN2O5/c1-24(36)35-17-14-26-8-11-27(33)22-31(26)39-20-21-40-32-23-34-16-15-30(32)25-9-12-29(13-10-25)38-19-5-18-37-28-6-3-2-4-7-28/h2-4,6-13,22,30,32,34H,5,14-21,23H2,1H3,(H,35,36)/t30-,32+/m1/s1. The summed E-state index contributed by atoms with van der Waals surface area (Å²) < 4.78 is 37.6. The monoisotopic (exact) mass is 550 g/mol. The number of hydrogen-bond donors (Lipinski definition) is 2. The molecule has 1 aliphatic rings. The molecular formula is C32H39FN2O5. The van der Waals surface area contributed by atoms with E-state index < -0.39 is 0 Å². The van der Waals surface area contributed by atoms with Gasteiger partial charge in [-0.1, -0.05) is 36.4 Å². The number of nitrogens with one attached hydrogen (secondary N) is 2. The Kier molecular flexibility index (Phi) is 11.6. The van der Waals surface area contributed by atoms with Crippen molar-refractivity contribution >= 4 is 5.91 Å². The van der Waals surface area contributed by atoms with Crippen LogP contribution >= 0.6 is 0 Å². The Bertz CT molecular complexity index is 1180. The fraction of sp³-hybridized carbons (Fsp3) is 0.406. The van der Waals surface area contributed by atoms with Crippen molar-refractivity contribution in [2.75, 3.05) is 46.1 Å². The van der Waals surface area contributed by atoms with Gasteiger partial charge in [-0.15, -0.1) is 0 Å². The van der Waals surface area contributed by atoms with Crippen molar-refractivity contribution in [3.63, 3.8) is 0 Å². The van der Waals surface area contributed by atoms with Crippen LogP contribution in [0, 0.1) is 5.82 Å². The van der Waals surface area contributed by atoms with Gasteiger partial charge in [-0.3, -0.25) is 4.79 Å². The summed E-state index contributed by atoms with van der Waals surface area (Å²) in [6.45, 7) is 5.52. The molecule has 1 heterocycles. The van der Waals surface area contributed by atoms with Crippen molar-refractivity contribution in [2.45, 2.75) is 38.2 Å². The SMILES string of the molecule is CC(=O)NCCc1ccc(F)cc1OCCO[C@H]1CNCC[C@@H]1c1ccc(OCCCOc2ccccc2)cc1. The minimum absolute atomic E-state index is 0.00556. The van der Waals surface area contributed by atoms with Crippen LogP contribution < -0.4 is 24.8 Å². The molecule has 40 heavy (non-hydrogen) atoms. The van der Waals surface area contributed by atoms with Gasteiger partial charge in [-0.2, -0.15) is 0 Å². The van der Waals surface area contributed by atoms with Gasteiger partial charge in [0.1, 0.15) is 29.7 Å². The predicted molar refractivity (Wildman–Crippen MR) is 153 cm³/mol. The summed E-state index contributed by atoms with van der Waals surface area (Å²) in [4.78, 5) is 11.2. The van der Waals surface area contributed by atoms with Crippen LogP contribution in [0.15, 0.2) is 72.8 Å². The average molecular weight is 551 g/mol. The number of carbonyl (C=O) groups is 1. The van der Waals surface area contributed by atoms with Crippen LogP contribution in [-0.2, 0) is 16.0 Å². The van der Waals surface area contributed by atoms with Gasteiger partial charge in [0.2, 0.25) is 5.91 Å². The predicted octanol–water partition coefficient (Wildman–Crippen LogP) is 4.89. The molecule has 1 fully saturated rings. The van der Waals surface area contributed by atoms with Crippen LogP contribution in [-0.4, -0.2) is 58.1 Å². The van der Waals surface area contributed by atoms with Crippen LogP contribution in [0.1, 0.15) is 36.8 Å². The molecule has 1 aliphatic heterocycles. The zero-order valence-corrected chi connectivity index (χ0v) is 23.1. The number of hydrogen-bond acceptors (Lipinski definition) is 6. The minimum atomic E-state index is -0.358. The first-order valence-electron chi connectivity index (χ1n) is 14.0. The van der Waals surface area contributed by atoms with E-state index in [-0.39, 0.29) is 23.7 Å². The van der Waals surface area contributed by atoms with Crippen LogP contribution in [0.5, 0.6) is 17.2 Å². The highest BCUT2D eigenvalue weighted by molar-refractivity contribution is 5.72. The number of piperidine rings is 1. The van der Waals surface area contributed by atoms with E-state index in [4.69, 9.17) is 18.9 Å². The zero-order chi connectivity index (χ0) is 28.0. The van der Waals surface area contributed by atoms with Gasteiger partial charge in [-0.05, 0) is 60.8 Å². The molecule has 7 nitrogen and oxygen atoms in total. The number of halogens is 1. The largest absolute Gasteiger partial charge is 0.493 e. The third-order valence-electron chi connectivity index (χ3n) is 6.77. The first kappa shape index (κ1) is 29.4. The number of carbonyl (C=O) groups excluding carboxylic acids is 1. The molecule has 0 bridgehead atoms. The highest BCUT2D eigenvalue weighted by Crippen LogP contribution is 2.29. The van der Waals surface area contributed by atoms with Gasteiger partial charge in [0.05, 0.1) is 25.9 Å². The van der Waals surface area contributed by atoms with Gasteiger partial charge >= 0.3 is 0 Å². The minimum Gasteiger partial charge on any atom is -0.493 e. The summed E-state index contributed by atoms with van der Waals surface area (Å²) in [5, 5.41) is 6.18. The summed E-state index contributed by atoms with van der Waals surface area (Å²) >= 11 is 0. The number of rotatable bonds is 15. The lowest BCUT2D eigenvalue weighted by molar-refractivity contribution is -0.118. The summed E-state index contributed by atoms with van der Waals surface area (Å²) in [6.07, 6.45) is 2.34. The van der Waals surface area contributed by atoms with Crippen LogP contribution in [0.2, 0.25) is 0 Å². The summed E-state index contributed by atoms with van der Waals surface area (Å²) in [5.74, 6) is 2.00. The maximum atomic E-state index is 13.8. The van der Waals surface area contributed by atoms with Gasteiger partial charge in [0.25, 0.3) is 0 Å². The van der Waals surface area contributed by atoms with Crippen LogP contribution in [0.25, 0.3) is 0 Å². The van der Waals surface area contributed by atoms with E-state index in [1.54, 1.807) is 6.07 Å². The summed E-state index contributed by atoms with van der Waals surface area (Å²) in [6, 6.07) is 22.5. The third kappa shape index (κ3) is 9.54. The lowest BCUT2D eigenvalue weighted by Crippen LogP contribution is -2.41. The summed E-state index contributed by atoms with van der Waals surface area (Å²) in [5.41, 5.74) is 2.07. The van der Waals surface area contributed by atoms with E-state index in [1.165, 1.54) is 24.6 Å². The fourth-order valence-electron chi connectivity index (χ4n) is 4.75. The Hall–Kier alpha value is -3.62. The second kappa shape index (κ2) is 15.8. The lowest BCUT2D eigenvalue weighted by Gasteiger charge is -2.32. The Morgan fingerprint density at radius 1 is 0.925 bits per heavy atom. The lowest BCUT2D eigenvalue weighted by atomic mass is 9.88. The van der Waals surface area contributed by atoms with Crippen LogP contribution in [0.4, 0.5) is 4.39 Å². The smallest absolute Gasteiger partial charge is 0.216 e. The van der Waals surface area contributed by atoms with E-state index in [2.05, 4.69) is 22.8 Å². The molecule has 3 aromatic rings.